The molecule has 1 aromatic heterocycles. The molecule has 1 amide bonds. The first-order valence-electron chi connectivity index (χ1n) is 7.33. The van der Waals surface area contributed by atoms with Crippen LogP contribution in [0.4, 0.5) is 0 Å². The normalized spacial score (nSPS) is 31.6. The van der Waals surface area contributed by atoms with E-state index in [-0.39, 0.29) is 6.04 Å². The third-order valence-corrected chi connectivity index (χ3v) is 5.20. The van der Waals surface area contributed by atoms with E-state index < -0.39 is 0 Å². The highest BCUT2D eigenvalue weighted by molar-refractivity contribution is 7.07. The zero-order chi connectivity index (χ0) is 13.2. The van der Waals surface area contributed by atoms with Crippen molar-refractivity contribution in [2.75, 3.05) is 13.1 Å². The average Bonchev–Trinajstić information content (AvgIpc) is 3.09. The molecule has 19 heavy (non-hydrogen) atoms. The number of carbonyl (C=O) groups is 1. The first kappa shape index (κ1) is 13.1. The fourth-order valence-corrected chi connectivity index (χ4v) is 4.11. The van der Waals surface area contributed by atoms with Gasteiger partial charge in [-0.1, -0.05) is 6.92 Å². The SMILES string of the molecule is CC1CCCNC1C(=O)N1CCCC1c1ccsc1. The summed E-state index contributed by atoms with van der Waals surface area (Å²) in [7, 11) is 0. The first-order chi connectivity index (χ1) is 9.27. The number of hydrogen-bond donors (Lipinski definition) is 1. The molecule has 2 aliphatic rings. The molecule has 3 atom stereocenters. The maximum Gasteiger partial charge on any atom is 0.240 e. The van der Waals surface area contributed by atoms with Gasteiger partial charge in [0.1, 0.15) is 0 Å². The molecule has 0 bridgehead atoms. The van der Waals surface area contributed by atoms with Crippen LogP contribution in [0.5, 0.6) is 0 Å². The quantitative estimate of drug-likeness (QED) is 0.902. The van der Waals surface area contributed by atoms with E-state index in [1.54, 1.807) is 11.3 Å². The molecule has 2 aliphatic heterocycles. The predicted octanol–water partition coefficient (Wildman–Crippen LogP) is 2.80. The molecule has 0 aliphatic carbocycles. The van der Waals surface area contributed by atoms with Crippen molar-refractivity contribution in [2.24, 2.45) is 5.92 Å². The van der Waals surface area contributed by atoms with Crippen molar-refractivity contribution in [2.45, 2.75) is 44.7 Å². The monoisotopic (exact) mass is 278 g/mol. The summed E-state index contributed by atoms with van der Waals surface area (Å²) in [6, 6.07) is 2.52. The van der Waals surface area contributed by atoms with E-state index in [2.05, 4.69) is 34.0 Å². The van der Waals surface area contributed by atoms with Crippen LogP contribution in [0, 0.1) is 5.92 Å². The second-order valence-corrected chi connectivity index (χ2v) is 6.58. The van der Waals surface area contributed by atoms with Crippen molar-refractivity contribution in [3.8, 4) is 0 Å². The molecule has 3 nitrogen and oxygen atoms in total. The van der Waals surface area contributed by atoms with Gasteiger partial charge in [0.25, 0.3) is 0 Å². The standard InChI is InChI=1S/C15H22N2OS/c1-11-4-2-7-16-14(11)15(18)17-8-3-5-13(17)12-6-9-19-10-12/h6,9-11,13-14,16H,2-5,7-8H2,1H3. The highest BCUT2D eigenvalue weighted by atomic mass is 32.1. The van der Waals surface area contributed by atoms with Gasteiger partial charge in [0.2, 0.25) is 5.91 Å². The van der Waals surface area contributed by atoms with Crippen molar-refractivity contribution in [1.82, 2.24) is 10.2 Å². The lowest BCUT2D eigenvalue weighted by atomic mass is 9.91. The van der Waals surface area contributed by atoms with Crippen LogP contribution in [-0.4, -0.2) is 29.9 Å². The van der Waals surface area contributed by atoms with E-state index in [4.69, 9.17) is 0 Å². The van der Waals surface area contributed by atoms with E-state index in [1.165, 1.54) is 18.4 Å². The summed E-state index contributed by atoms with van der Waals surface area (Å²) in [4.78, 5) is 14.9. The van der Waals surface area contributed by atoms with Gasteiger partial charge >= 0.3 is 0 Å². The van der Waals surface area contributed by atoms with Gasteiger partial charge in [-0.2, -0.15) is 11.3 Å². The summed E-state index contributed by atoms with van der Waals surface area (Å²) in [6.07, 6.45) is 4.61. The van der Waals surface area contributed by atoms with Gasteiger partial charge in [-0.15, -0.1) is 0 Å². The van der Waals surface area contributed by atoms with Crippen molar-refractivity contribution < 1.29 is 4.79 Å². The van der Waals surface area contributed by atoms with Gasteiger partial charge in [0.05, 0.1) is 12.1 Å². The van der Waals surface area contributed by atoms with Crippen molar-refractivity contribution >= 4 is 17.2 Å². The van der Waals surface area contributed by atoms with Gasteiger partial charge in [-0.3, -0.25) is 4.79 Å². The largest absolute Gasteiger partial charge is 0.334 e. The van der Waals surface area contributed by atoms with E-state index in [1.807, 2.05) is 0 Å². The molecule has 104 valence electrons. The van der Waals surface area contributed by atoms with Crippen LogP contribution in [0.25, 0.3) is 0 Å². The molecule has 0 saturated carbocycles. The number of rotatable bonds is 2. The molecular formula is C15H22N2OS. The van der Waals surface area contributed by atoms with Gasteiger partial charge < -0.3 is 10.2 Å². The summed E-state index contributed by atoms with van der Waals surface area (Å²) in [5.41, 5.74) is 1.32. The second kappa shape index (κ2) is 5.63. The molecule has 3 heterocycles. The summed E-state index contributed by atoms with van der Waals surface area (Å²) < 4.78 is 0. The molecular weight excluding hydrogens is 256 g/mol. The maximum atomic E-state index is 12.8. The van der Waals surface area contributed by atoms with Gasteiger partial charge in [-0.05, 0) is 60.5 Å². The maximum absolute atomic E-state index is 12.8. The van der Waals surface area contributed by atoms with Gasteiger partial charge in [-0.25, -0.2) is 0 Å². The van der Waals surface area contributed by atoms with Gasteiger partial charge in [0, 0.05) is 6.54 Å². The number of nitrogens with one attached hydrogen (secondary N) is 1. The summed E-state index contributed by atoms with van der Waals surface area (Å²) in [5.74, 6) is 0.783. The Morgan fingerprint density at radius 2 is 2.32 bits per heavy atom. The Morgan fingerprint density at radius 1 is 1.42 bits per heavy atom. The van der Waals surface area contributed by atoms with Crippen molar-refractivity contribution in [3.05, 3.63) is 22.4 Å². The van der Waals surface area contributed by atoms with E-state index in [0.717, 1.165) is 25.9 Å². The van der Waals surface area contributed by atoms with E-state index >= 15 is 0 Å². The molecule has 0 radical (unpaired) electrons. The zero-order valence-corrected chi connectivity index (χ0v) is 12.3. The lowest BCUT2D eigenvalue weighted by Gasteiger charge is -2.34. The second-order valence-electron chi connectivity index (χ2n) is 5.80. The summed E-state index contributed by atoms with van der Waals surface area (Å²) >= 11 is 1.72. The van der Waals surface area contributed by atoms with Crippen LogP contribution in [0.3, 0.4) is 0 Å². The number of likely N-dealkylation sites (tertiary alicyclic amines) is 1. The molecule has 2 fully saturated rings. The number of piperidine rings is 1. The predicted molar refractivity (Wildman–Crippen MR) is 78.2 cm³/mol. The van der Waals surface area contributed by atoms with Crippen molar-refractivity contribution in [3.63, 3.8) is 0 Å². The highest BCUT2D eigenvalue weighted by Crippen LogP contribution is 2.34. The van der Waals surface area contributed by atoms with E-state index in [9.17, 15) is 4.79 Å². The van der Waals surface area contributed by atoms with Crippen LogP contribution < -0.4 is 5.32 Å². The summed E-state index contributed by atoms with van der Waals surface area (Å²) in [5, 5.41) is 7.72. The number of hydrogen-bond acceptors (Lipinski definition) is 3. The minimum atomic E-state index is 0.0352. The van der Waals surface area contributed by atoms with Crippen LogP contribution >= 0.6 is 11.3 Å². The molecule has 3 unspecified atom stereocenters. The van der Waals surface area contributed by atoms with Crippen LogP contribution in [-0.2, 0) is 4.79 Å². The number of carbonyl (C=O) groups excluding carboxylic acids is 1. The first-order valence-corrected chi connectivity index (χ1v) is 8.27. The third-order valence-electron chi connectivity index (χ3n) is 4.50. The average molecular weight is 278 g/mol. The molecule has 4 heteroatoms. The topological polar surface area (TPSA) is 32.3 Å². The molecule has 1 N–H and O–H groups in total. The Morgan fingerprint density at radius 3 is 3.05 bits per heavy atom. The van der Waals surface area contributed by atoms with Crippen molar-refractivity contribution in [1.29, 1.82) is 0 Å². The lowest BCUT2D eigenvalue weighted by molar-refractivity contribution is -0.136. The molecule has 0 aromatic carbocycles. The third kappa shape index (κ3) is 2.56. The molecule has 3 rings (SSSR count). The fraction of sp³-hybridized carbons (Fsp3) is 0.667. The smallest absolute Gasteiger partial charge is 0.240 e. The number of thiophene rings is 1. The highest BCUT2D eigenvalue weighted by Gasteiger charge is 2.36. The minimum Gasteiger partial charge on any atom is -0.334 e. The fourth-order valence-electron chi connectivity index (χ4n) is 3.40. The zero-order valence-electron chi connectivity index (χ0n) is 11.5. The Bertz CT molecular complexity index is 431. The Labute approximate surface area is 119 Å². The number of nitrogens with zero attached hydrogens (tertiary/aromatic N) is 1. The minimum absolute atomic E-state index is 0.0352. The summed E-state index contributed by atoms with van der Waals surface area (Å²) in [6.45, 7) is 4.10. The Balaban J connectivity index is 1.75. The molecule has 2 saturated heterocycles. The van der Waals surface area contributed by atoms with Crippen LogP contribution in [0.2, 0.25) is 0 Å². The van der Waals surface area contributed by atoms with Crippen LogP contribution in [0.15, 0.2) is 16.8 Å². The molecule has 1 aromatic rings. The van der Waals surface area contributed by atoms with E-state index in [0.29, 0.717) is 17.9 Å². The lowest BCUT2D eigenvalue weighted by Crippen LogP contribution is -2.52. The van der Waals surface area contributed by atoms with Crippen LogP contribution in [0.1, 0.15) is 44.2 Å². The van der Waals surface area contributed by atoms with Gasteiger partial charge in [0.15, 0.2) is 0 Å². The Kier molecular flexibility index (Phi) is 3.89. The Hall–Kier alpha value is -0.870. The molecule has 0 spiro atoms. The number of amides is 1.